The van der Waals surface area contributed by atoms with Crippen LogP contribution in [-0.2, 0) is 5.33 Å². The molecule has 0 unspecified atom stereocenters. The van der Waals surface area contributed by atoms with Crippen molar-refractivity contribution in [2.75, 3.05) is 0 Å². The van der Waals surface area contributed by atoms with Crippen LogP contribution in [0.4, 0.5) is 8.78 Å². The second-order valence-electron chi connectivity index (χ2n) is 2.86. The van der Waals surface area contributed by atoms with Crippen molar-refractivity contribution in [3.05, 3.63) is 41.9 Å². The van der Waals surface area contributed by atoms with E-state index in [1.807, 2.05) is 0 Å². The predicted molar refractivity (Wildman–Crippen MR) is 54.5 cm³/mol. The Balaban J connectivity index is 2.63. The number of aromatic nitrogens is 1. The Morgan fingerprint density at radius 1 is 1.27 bits per heavy atom. The van der Waals surface area contributed by atoms with E-state index < -0.39 is 11.6 Å². The fourth-order valence-electron chi connectivity index (χ4n) is 1.28. The number of hydrogen-bond donors (Lipinski definition) is 0. The minimum atomic E-state index is -0.658. The molecule has 2 rings (SSSR count). The molecule has 1 aromatic heterocycles. The molecule has 15 heavy (non-hydrogen) atoms. The minimum absolute atomic E-state index is 0.127. The van der Waals surface area contributed by atoms with Crippen LogP contribution in [-0.4, -0.2) is 4.98 Å². The van der Waals surface area contributed by atoms with Gasteiger partial charge in [-0.15, -0.1) is 0 Å². The summed E-state index contributed by atoms with van der Waals surface area (Å²) in [4.78, 5) is 3.85. The maximum Gasteiger partial charge on any atom is 0.181 e. The van der Waals surface area contributed by atoms with Crippen molar-refractivity contribution in [1.82, 2.24) is 4.98 Å². The van der Waals surface area contributed by atoms with Gasteiger partial charge in [-0.25, -0.2) is 13.8 Å². The zero-order valence-corrected chi connectivity index (χ0v) is 9.09. The first-order valence-corrected chi connectivity index (χ1v) is 5.29. The van der Waals surface area contributed by atoms with Crippen molar-refractivity contribution < 1.29 is 13.2 Å². The van der Waals surface area contributed by atoms with E-state index in [0.717, 1.165) is 6.39 Å². The van der Waals surface area contributed by atoms with Gasteiger partial charge in [-0.05, 0) is 12.1 Å². The lowest BCUT2D eigenvalue weighted by atomic mass is 10.1. The summed E-state index contributed by atoms with van der Waals surface area (Å²) >= 11 is 3.17. The standard InChI is InChI=1S/C10H6BrF2NO/c11-4-8-10(15-5-14-8)9-6(12)2-1-3-7(9)13/h1-3,5H,4H2. The zero-order chi connectivity index (χ0) is 10.8. The number of nitrogens with zero attached hydrogens (tertiary/aromatic N) is 1. The Bertz CT molecular complexity index is 464. The summed E-state index contributed by atoms with van der Waals surface area (Å²) in [6.07, 6.45) is 1.16. The molecule has 0 amide bonds. The SMILES string of the molecule is Fc1cccc(F)c1-c1ocnc1CBr. The Hall–Kier alpha value is -1.23. The molecule has 0 fully saturated rings. The molecular weight excluding hydrogens is 268 g/mol. The van der Waals surface area contributed by atoms with Crippen LogP contribution in [0.5, 0.6) is 0 Å². The Labute approximate surface area is 93.1 Å². The molecule has 0 radical (unpaired) electrons. The molecule has 2 nitrogen and oxygen atoms in total. The summed E-state index contributed by atoms with van der Waals surface area (Å²) in [6, 6.07) is 3.66. The van der Waals surface area contributed by atoms with Crippen LogP contribution >= 0.6 is 15.9 Å². The molecule has 0 bridgehead atoms. The molecule has 5 heteroatoms. The zero-order valence-electron chi connectivity index (χ0n) is 7.51. The largest absolute Gasteiger partial charge is 0.443 e. The summed E-state index contributed by atoms with van der Waals surface area (Å²) in [6.45, 7) is 0. The first-order valence-electron chi connectivity index (χ1n) is 4.16. The molecule has 1 aromatic carbocycles. The van der Waals surface area contributed by atoms with Crippen molar-refractivity contribution in [2.45, 2.75) is 5.33 Å². The quantitative estimate of drug-likeness (QED) is 0.783. The van der Waals surface area contributed by atoms with Crippen LogP contribution in [0.2, 0.25) is 0 Å². The second-order valence-corrected chi connectivity index (χ2v) is 3.42. The van der Waals surface area contributed by atoms with Crippen LogP contribution in [0.25, 0.3) is 11.3 Å². The Kier molecular flexibility index (Phi) is 2.81. The van der Waals surface area contributed by atoms with Crippen molar-refractivity contribution in [1.29, 1.82) is 0 Å². The van der Waals surface area contributed by atoms with Gasteiger partial charge in [-0.2, -0.15) is 0 Å². The predicted octanol–water partition coefficient (Wildman–Crippen LogP) is 3.51. The van der Waals surface area contributed by atoms with Crippen LogP contribution in [0.1, 0.15) is 5.69 Å². The number of benzene rings is 1. The number of halogens is 3. The number of alkyl halides is 1. The Morgan fingerprint density at radius 3 is 2.53 bits per heavy atom. The second kappa shape index (κ2) is 4.10. The third kappa shape index (κ3) is 1.79. The van der Waals surface area contributed by atoms with Gasteiger partial charge in [0.25, 0.3) is 0 Å². The first kappa shape index (κ1) is 10.3. The molecule has 2 aromatic rings. The molecule has 0 aliphatic heterocycles. The number of oxazole rings is 1. The highest BCUT2D eigenvalue weighted by molar-refractivity contribution is 9.08. The summed E-state index contributed by atoms with van der Waals surface area (Å²) in [5.74, 6) is -1.19. The maximum absolute atomic E-state index is 13.4. The molecule has 0 saturated carbocycles. The van der Waals surface area contributed by atoms with E-state index in [9.17, 15) is 8.78 Å². The van der Waals surface area contributed by atoms with Gasteiger partial charge in [0.05, 0.1) is 11.3 Å². The average molecular weight is 274 g/mol. The van der Waals surface area contributed by atoms with E-state index in [1.54, 1.807) is 0 Å². The third-order valence-electron chi connectivity index (χ3n) is 1.96. The van der Waals surface area contributed by atoms with Gasteiger partial charge in [0, 0.05) is 5.33 Å². The van der Waals surface area contributed by atoms with Gasteiger partial charge in [0.2, 0.25) is 0 Å². The van der Waals surface area contributed by atoms with Gasteiger partial charge >= 0.3 is 0 Å². The summed E-state index contributed by atoms with van der Waals surface area (Å²) < 4.78 is 31.8. The van der Waals surface area contributed by atoms with Crippen molar-refractivity contribution in [3.8, 4) is 11.3 Å². The van der Waals surface area contributed by atoms with Crippen LogP contribution < -0.4 is 0 Å². The van der Waals surface area contributed by atoms with E-state index in [4.69, 9.17) is 4.42 Å². The van der Waals surface area contributed by atoms with Gasteiger partial charge in [-0.3, -0.25) is 0 Å². The topological polar surface area (TPSA) is 26.0 Å². The van der Waals surface area contributed by atoms with Crippen LogP contribution in [0.3, 0.4) is 0 Å². The fourth-order valence-corrected chi connectivity index (χ4v) is 1.68. The van der Waals surface area contributed by atoms with Gasteiger partial charge in [0.1, 0.15) is 11.6 Å². The van der Waals surface area contributed by atoms with E-state index >= 15 is 0 Å². The van der Waals surface area contributed by atoms with Gasteiger partial charge in [0.15, 0.2) is 12.2 Å². The monoisotopic (exact) mass is 273 g/mol. The Morgan fingerprint density at radius 2 is 1.93 bits per heavy atom. The molecule has 0 atom stereocenters. The van der Waals surface area contributed by atoms with Crippen LogP contribution in [0, 0.1) is 11.6 Å². The van der Waals surface area contributed by atoms with Gasteiger partial charge < -0.3 is 4.42 Å². The number of hydrogen-bond acceptors (Lipinski definition) is 2. The van der Waals surface area contributed by atoms with Crippen molar-refractivity contribution in [3.63, 3.8) is 0 Å². The molecule has 78 valence electrons. The van der Waals surface area contributed by atoms with E-state index in [1.165, 1.54) is 18.2 Å². The highest BCUT2D eigenvalue weighted by Crippen LogP contribution is 2.29. The molecule has 0 spiro atoms. The summed E-state index contributed by atoms with van der Waals surface area (Å²) in [5.41, 5.74) is 0.295. The van der Waals surface area contributed by atoms with Gasteiger partial charge in [-0.1, -0.05) is 22.0 Å². The van der Waals surface area contributed by atoms with Crippen molar-refractivity contribution >= 4 is 15.9 Å². The van der Waals surface area contributed by atoms with E-state index in [-0.39, 0.29) is 11.3 Å². The smallest absolute Gasteiger partial charge is 0.181 e. The van der Waals surface area contributed by atoms with Crippen LogP contribution in [0.15, 0.2) is 29.0 Å². The first-order chi connectivity index (χ1) is 7.24. The molecule has 0 aliphatic rings. The molecule has 0 saturated heterocycles. The average Bonchev–Trinajstić information content (AvgIpc) is 2.65. The lowest BCUT2D eigenvalue weighted by Gasteiger charge is -2.01. The van der Waals surface area contributed by atoms with Crippen molar-refractivity contribution in [2.24, 2.45) is 0 Å². The van der Waals surface area contributed by atoms with E-state index in [0.29, 0.717) is 11.0 Å². The highest BCUT2D eigenvalue weighted by atomic mass is 79.9. The molecule has 0 aliphatic carbocycles. The summed E-state index contributed by atoms with van der Waals surface area (Å²) in [5, 5.41) is 0.382. The minimum Gasteiger partial charge on any atom is -0.443 e. The maximum atomic E-state index is 13.4. The molecule has 1 heterocycles. The molecular formula is C10H6BrF2NO. The fraction of sp³-hybridized carbons (Fsp3) is 0.100. The highest BCUT2D eigenvalue weighted by Gasteiger charge is 2.18. The van der Waals surface area contributed by atoms with E-state index in [2.05, 4.69) is 20.9 Å². The summed E-state index contributed by atoms with van der Waals surface area (Å²) in [7, 11) is 0. The molecule has 0 N–H and O–H groups in total. The number of rotatable bonds is 2. The lowest BCUT2D eigenvalue weighted by molar-refractivity contribution is 0.542. The third-order valence-corrected chi connectivity index (χ3v) is 2.49. The normalized spacial score (nSPS) is 10.6. The lowest BCUT2D eigenvalue weighted by Crippen LogP contribution is -1.91.